The molecule has 0 aliphatic carbocycles. The number of nitrogens with one attached hydrogen (secondary N) is 1. The summed E-state index contributed by atoms with van der Waals surface area (Å²) < 4.78 is 0. The van der Waals surface area contributed by atoms with Crippen LogP contribution in [-0.4, -0.2) is 33.6 Å². The molecule has 0 aliphatic heterocycles. The summed E-state index contributed by atoms with van der Waals surface area (Å²) in [6, 6.07) is 6.08. The van der Waals surface area contributed by atoms with Gasteiger partial charge in [0, 0.05) is 12.6 Å². The molecule has 3 N–H and O–H groups in total. The molecule has 7 nitrogen and oxygen atoms in total. The number of hydrogen-bond acceptors (Lipinski definition) is 7. The van der Waals surface area contributed by atoms with E-state index in [0.29, 0.717) is 16.3 Å². The Hall–Kier alpha value is -2.91. The topological polar surface area (TPSA) is 115 Å². The molecule has 1 unspecified atom stereocenters. The number of amides is 2. The lowest BCUT2D eigenvalue weighted by Crippen LogP contribution is -2.47. The van der Waals surface area contributed by atoms with E-state index in [-0.39, 0.29) is 6.42 Å². The summed E-state index contributed by atoms with van der Waals surface area (Å²) in [5.74, 6) is -2.42. The highest BCUT2D eigenvalue weighted by Gasteiger charge is 2.27. The quantitative estimate of drug-likeness (QED) is 0.599. The van der Waals surface area contributed by atoms with Crippen molar-refractivity contribution >= 4 is 40.3 Å². The van der Waals surface area contributed by atoms with Crippen LogP contribution in [-0.2, 0) is 16.0 Å². The van der Waals surface area contributed by atoms with Gasteiger partial charge in [0.1, 0.15) is 16.6 Å². The summed E-state index contributed by atoms with van der Waals surface area (Å²) in [5.41, 5.74) is 8.47. The number of hydrogen-bond donors (Lipinski definition) is 2. The molecule has 0 radical (unpaired) electrons. The molecule has 0 aromatic carbocycles. The van der Waals surface area contributed by atoms with Gasteiger partial charge >= 0.3 is 0 Å². The lowest BCUT2D eigenvalue weighted by Gasteiger charge is -2.15. The Morgan fingerprint density at radius 3 is 2.69 bits per heavy atom. The molecule has 3 aromatic heterocycles. The zero-order valence-corrected chi connectivity index (χ0v) is 15.0. The van der Waals surface area contributed by atoms with Crippen molar-refractivity contribution in [2.24, 2.45) is 5.73 Å². The summed E-state index contributed by atoms with van der Waals surface area (Å²) in [6.07, 6.45) is 1.79. The van der Waals surface area contributed by atoms with E-state index in [0.717, 1.165) is 16.9 Å². The molecule has 132 valence electrons. The summed E-state index contributed by atoms with van der Waals surface area (Å²) >= 11 is 2.60. The first-order valence-electron chi connectivity index (χ1n) is 7.56. The van der Waals surface area contributed by atoms with Crippen LogP contribution < -0.4 is 11.1 Å². The zero-order chi connectivity index (χ0) is 18.5. The minimum atomic E-state index is -1.08. The number of thiophene rings is 1. The van der Waals surface area contributed by atoms with Crippen LogP contribution in [0.25, 0.3) is 11.4 Å². The number of nitrogens with two attached hydrogens (primary N) is 1. The van der Waals surface area contributed by atoms with Gasteiger partial charge in [0.15, 0.2) is 0 Å². The Balaban J connectivity index is 1.83. The Morgan fingerprint density at radius 2 is 2.04 bits per heavy atom. The van der Waals surface area contributed by atoms with Crippen LogP contribution in [0.1, 0.15) is 15.2 Å². The summed E-state index contributed by atoms with van der Waals surface area (Å²) in [7, 11) is 0. The van der Waals surface area contributed by atoms with Crippen molar-refractivity contribution in [3.05, 3.63) is 57.2 Å². The maximum atomic E-state index is 12.7. The van der Waals surface area contributed by atoms with E-state index in [1.54, 1.807) is 24.4 Å². The number of Topliss-reactive ketones (excluding diaryl/α,β-unsaturated/α-hetero) is 1. The van der Waals surface area contributed by atoms with Gasteiger partial charge in [0.2, 0.25) is 5.78 Å². The molecule has 3 heterocycles. The highest BCUT2D eigenvalue weighted by atomic mass is 32.1. The molecular formula is C17H14N4O3S2. The molecule has 3 rings (SSSR count). The molecule has 0 fully saturated rings. The Morgan fingerprint density at radius 1 is 1.19 bits per heavy atom. The first-order valence-corrected chi connectivity index (χ1v) is 9.39. The largest absolute Gasteiger partial charge is 0.363 e. The van der Waals surface area contributed by atoms with Crippen LogP contribution in [0.2, 0.25) is 0 Å². The zero-order valence-electron chi connectivity index (χ0n) is 13.4. The predicted octanol–water partition coefficient (Wildman–Crippen LogP) is 1.66. The highest BCUT2D eigenvalue weighted by Crippen LogP contribution is 2.23. The van der Waals surface area contributed by atoms with Gasteiger partial charge in [-0.05, 0) is 34.5 Å². The number of nitrogens with zero attached hydrogens (tertiary/aromatic N) is 2. The molecule has 3 aromatic rings. The lowest BCUT2D eigenvalue weighted by molar-refractivity contribution is -0.137. The average molecular weight is 386 g/mol. The van der Waals surface area contributed by atoms with E-state index in [1.165, 1.54) is 16.8 Å². The molecule has 0 saturated heterocycles. The van der Waals surface area contributed by atoms with Crippen LogP contribution in [0.5, 0.6) is 0 Å². The van der Waals surface area contributed by atoms with E-state index < -0.39 is 23.6 Å². The molecule has 9 heteroatoms. The predicted molar refractivity (Wildman–Crippen MR) is 98.8 cm³/mol. The second kappa shape index (κ2) is 7.98. The van der Waals surface area contributed by atoms with Gasteiger partial charge in [-0.2, -0.15) is 11.3 Å². The third-order valence-corrected chi connectivity index (χ3v) is 5.12. The van der Waals surface area contributed by atoms with Gasteiger partial charge in [0.05, 0.1) is 11.2 Å². The standard InChI is InChI=1S/C17H14N4O3S2/c18-16(23)14(22)12(7-10-4-6-25-8-10)21-17(24)15-13(20-9-26-15)11-3-1-2-5-19-11/h1-6,8-9,12H,7H2,(H2,18,23)(H,21,24). The summed E-state index contributed by atoms with van der Waals surface area (Å²) in [5, 5.41) is 6.31. The number of ketones is 1. The SMILES string of the molecule is NC(=O)C(=O)C(Cc1ccsc1)NC(=O)c1scnc1-c1ccccn1. The number of aromatic nitrogens is 2. The minimum absolute atomic E-state index is 0.189. The smallest absolute Gasteiger partial charge is 0.287 e. The van der Waals surface area contributed by atoms with Crippen molar-refractivity contribution in [2.45, 2.75) is 12.5 Å². The Kier molecular flexibility index (Phi) is 5.49. The minimum Gasteiger partial charge on any atom is -0.363 e. The molecule has 1 atom stereocenters. The van der Waals surface area contributed by atoms with E-state index in [4.69, 9.17) is 5.73 Å². The molecule has 0 saturated carbocycles. The number of thiazole rings is 1. The Labute approximate surface area is 156 Å². The van der Waals surface area contributed by atoms with Gasteiger partial charge in [-0.1, -0.05) is 6.07 Å². The summed E-state index contributed by atoms with van der Waals surface area (Å²) in [6.45, 7) is 0. The van der Waals surface area contributed by atoms with E-state index >= 15 is 0 Å². The second-order valence-electron chi connectivity index (χ2n) is 5.34. The molecule has 26 heavy (non-hydrogen) atoms. The van der Waals surface area contributed by atoms with Crippen molar-refractivity contribution in [3.63, 3.8) is 0 Å². The molecule has 0 bridgehead atoms. The number of pyridine rings is 1. The fourth-order valence-electron chi connectivity index (χ4n) is 2.34. The van der Waals surface area contributed by atoms with E-state index in [9.17, 15) is 14.4 Å². The van der Waals surface area contributed by atoms with Crippen molar-refractivity contribution in [3.8, 4) is 11.4 Å². The van der Waals surface area contributed by atoms with Gasteiger partial charge < -0.3 is 11.1 Å². The van der Waals surface area contributed by atoms with Crippen LogP contribution in [0.3, 0.4) is 0 Å². The third-order valence-electron chi connectivity index (χ3n) is 3.57. The normalized spacial score (nSPS) is 11.7. The monoisotopic (exact) mass is 386 g/mol. The van der Waals surface area contributed by atoms with Crippen LogP contribution in [0.15, 0.2) is 46.7 Å². The second-order valence-corrected chi connectivity index (χ2v) is 6.97. The molecule has 2 amide bonds. The first kappa shape index (κ1) is 17.9. The fraction of sp³-hybridized carbons (Fsp3) is 0.118. The number of carbonyl (C=O) groups is 3. The van der Waals surface area contributed by atoms with Gasteiger partial charge in [0.25, 0.3) is 11.8 Å². The van der Waals surface area contributed by atoms with Crippen molar-refractivity contribution in [2.75, 3.05) is 0 Å². The number of rotatable bonds is 7. The van der Waals surface area contributed by atoms with Crippen LogP contribution in [0.4, 0.5) is 0 Å². The van der Waals surface area contributed by atoms with E-state index in [2.05, 4.69) is 15.3 Å². The Bertz CT molecular complexity index is 923. The maximum absolute atomic E-state index is 12.7. The van der Waals surface area contributed by atoms with Crippen LogP contribution in [0, 0.1) is 0 Å². The van der Waals surface area contributed by atoms with Gasteiger partial charge in [-0.15, -0.1) is 11.3 Å². The average Bonchev–Trinajstić information content (AvgIpc) is 3.32. The number of carbonyl (C=O) groups excluding carboxylic acids is 3. The maximum Gasteiger partial charge on any atom is 0.287 e. The molecular weight excluding hydrogens is 372 g/mol. The van der Waals surface area contributed by atoms with E-state index in [1.807, 2.05) is 16.8 Å². The number of primary amides is 1. The van der Waals surface area contributed by atoms with Crippen molar-refractivity contribution < 1.29 is 14.4 Å². The molecule has 0 spiro atoms. The van der Waals surface area contributed by atoms with Gasteiger partial charge in [-0.25, -0.2) is 4.98 Å². The third kappa shape index (κ3) is 4.01. The first-order chi connectivity index (χ1) is 12.6. The van der Waals surface area contributed by atoms with Crippen molar-refractivity contribution in [1.82, 2.24) is 15.3 Å². The van der Waals surface area contributed by atoms with Crippen LogP contribution >= 0.6 is 22.7 Å². The highest BCUT2D eigenvalue weighted by molar-refractivity contribution is 7.12. The van der Waals surface area contributed by atoms with Gasteiger partial charge in [-0.3, -0.25) is 19.4 Å². The fourth-order valence-corrected chi connectivity index (χ4v) is 3.72. The van der Waals surface area contributed by atoms with Crippen molar-refractivity contribution in [1.29, 1.82) is 0 Å². The molecule has 0 aliphatic rings. The lowest BCUT2D eigenvalue weighted by atomic mass is 10.0. The summed E-state index contributed by atoms with van der Waals surface area (Å²) in [4.78, 5) is 44.8.